The third-order valence-corrected chi connectivity index (χ3v) is 3.49. The van der Waals surface area contributed by atoms with Crippen molar-refractivity contribution in [1.29, 1.82) is 0 Å². The summed E-state index contributed by atoms with van der Waals surface area (Å²) in [6.45, 7) is 0. The van der Waals surface area contributed by atoms with Gasteiger partial charge in [-0.3, -0.25) is 9.52 Å². The molecule has 1 aromatic heterocycles. The average molecular weight is 344 g/mol. The first-order chi connectivity index (χ1) is 7.84. The Morgan fingerprint density at radius 3 is 2.88 bits per heavy atom. The van der Waals surface area contributed by atoms with Gasteiger partial charge in [-0.2, -0.15) is 0 Å². The van der Waals surface area contributed by atoms with Gasteiger partial charge >= 0.3 is 5.97 Å². The van der Waals surface area contributed by atoms with Gasteiger partial charge in [0.15, 0.2) is 10.9 Å². The van der Waals surface area contributed by atoms with Crippen LogP contribution in [0, 0.1) is 0 Å². The highest BCUT2D eigenvalue weighted by Gasteiger charge is 2.18. The lowest BCUT2D eigenvalue weighted by atomic mass is 10.4. The van der Waals surface area contributed by atoms with Crippen LogP contribution in [0.1, 0.15) is 0 Å². The smallest absolute Gasteiger partial charge is 0.322 e. The van der Waals surface area contributed by atoms with E-state index in [1.54, 1.807) is 0 Å². The zero-order valence-corrected chi connectivity index (χ0v) is 11.8. The number of halogens is 2. The van der Waals surface area contributed by atoms with E-state index in [4.69, 9.17) is 11.6 Å². The molecule has 0 amide bonds. The molecule has 1 aromatic rings. The molecule has 0 bridgehead atoms. The number of nitrogens with one attached hydrogen (secondary N) is 1. The number of carbonyl (C=O) groups is 1. The van der Waals surface area contributed by atoms with E-state index in [1.807, 2.05) is 0 Å². The molecule has 0 saturated carbocycles. The van der Waals surface area contributed by atoms with E-state index < -0.39 is 21.7 Å². The second-order valence-corrected chi connectivity index (χ2v) is 5.93. The molecule has 0 aromatic carbocycles. The van der Waals surface area contributed by atoms with Crippen molar-refractivity contribution >= 4 is 49.2 Å². The number of pyridine rings is 1. The van der Waals surface area contributed by atoms with Crippen LogP contribution in [0.25, 0.3) is 0 Å². The molecule has 0 spiro atoms. The number of carbonyl (C=O) groups excluding carboxylic acids is 1. The number of ether oxygens (including phenoxy) is 1. The fourth-order valence-electron chi connectivity index (χ4n) is 0.912. The lowest BCUT2D eigenvalue weighted by Crippen LogP contribution is -2.23. The summed E-state index contributed by atoms with van der Waals surface area (Å²) >= 11 is 8.82. The highest BCUT2D eigenvalue weighted by molar-refractivity contribution is 9.10. The summed E-state index contributed by atoms with van der Waals surface area (Å²) in [5, 5.41) is -0.0124. The molecule has 6 nitrogen and oxygen atoms in total. The number of esters is 1. The van der Waals surface area contributed by atoms with E-state index in [0.29, 0.717) is 4.47 Å². The van der Waals surface area contributed by atoms with Crippen LogP contribution < -0.4 is 4.72 Å². The summed E-state index contributed by atoms with van der Waals surface area (Å²) in [4.78, 5) is 14.6. The number of hydrogen-bond donors (Lipinski definition) is 1. The molecule has 0 saturated heterocycles. The first-order valence-corrected chi connectivity index (χ1v) is 7.05. The predicted molar refractivity (Wildman–Crippen MR) is 66.4 cm³/mol. The molecule has 0 atom stereocenters. The molecule has 1 rings (SSSR count). The SMILES string of the molecule is COC(=O)CS(=O)(=O)Nc1cc(Br)cnc1Cl. The Morgan fingerprint density at radius 1 is 1.65 bits per heavy atom. The molecule has 0 aliphatic carbocycles. The standard InChI is InChI=1S/C8H8BrClN2O4S/c1-16-7(13)4-17(14,15)12-6-2-5(9)3-11-8(6)10/h2-3,12H,4H2,1H3. The molecule has 1 N–H and O–H groups in total. The van der Waals surface area contributed by atoms with Gasteiger partial charge in [0.1, 0.15) is 0 Å². The second-order valence-electron chi connectivity index (χ2n) is 2.93. The molecule has 94 valence electrons. The number of anilines is 1. The topological polar surface area (TPSA) is 85.4 Å². The zero-order chi connectivity index (χ0) is 13.1. The van der Waals surface area contributed by atoms with Gasteiger partial charge in [-0.1, -0.05) is 11.6 Å². The van der Waals surface area contributed by atoms with E-state index >= 15 is 0 Å². The van der Waals surface area contributed by atoms with Crippen LogP contribution in [0.15, 0.2) is 16.7 Å². The van der Waals surface area contributed by atoms with Crippen molar-refractivity contribution in [1.82, 2.24) is 4.98 Å². The van der Waals surface area contributed by atoms with Crippen molar-refractivity contribution in [2.45, 2.75) is 0 Å². The lowest BCUT2D eigenvalue weighted by molar-refractivity contribution is -0.137. The van der Waals surface area contributed by atoms with Gasteiger partial charge in [0.25, 0.3) is 0 Å². The van der Waals surface area contributed by atoms with E-state index in [2.05, 4.69) is 30.4 Å². The Kier molecular flexibility index (Phi) is 4.72. The van der Waals surface area contributed by atoms with Crippen LogP contribution in [0.2, 0.25) is 5.15 Å². The zero-order valence-electron chi connectivity index (χ0n) is 8.61. The van der Waals surface area contributed by atoms with Gasteiger partial charge in [0.05, 0.1) is 12.8 Å². The molecule has 1 heterocycles. The predicted octanol–water partition coefficient (Wildman–Crippen LogP) is 1.41. The highest BCUT2D eigenvalue weighted by atomic mass is 79.9. The molecule has 0 unspecified atom stereocenters. The number of aromatic nitrogens is 1. The fourth-order valence-corrected chi connectivity index (χ4v) is 2.44. The molecule has 17 heavy (non-hydrogen) atoms. The van der Waals surface area contributed by atoms with E-state index in [-0.39, 0.29) is 10.8 Å². The highest BCUT2D eigenvalue weighted by Crippen LogP contribution is 2.23. The lowest BCUT2D eigenvalue weighted by Gasteiger charge is -2.08. The van der Waals surface area contributed by atoms with E-state index in [9.17, 15) is 13.2 Å². The molecule has 9 heteroatoms. The van der Waals surface area contributed by atoms with Crippen molar-refractivity contribution in [2.75, 3.05) is 17.6 Å². The van der Waals surface area contributed by atoms with Crippen LogP contribution in [-0.2, 0) is 19.6 Å². The van der Waals surface area contributed by atoms with Gasteiger partial charge in [-0.05, 0) is 22.0 Å². The van der Waals surface area contributed by atoms with Crippen LogP contribution in [-0.4, -0.2) is 32.2 Å². The first kappa shape index (κ1) is 14.2. The Hall–Kier alpha value is -0.860. The maximum Gasteiger partial charge on any atom is 0.322 e. The monoisotopic (exact) mass is 342 g/mol. The van der Waals surface area contributed by atoms with Crippen molar-refractivity contribution in [3.05, 3.63) is 21.9 Å². The van der Waals surface area contributed by atoms with Crippen LogP contribution >= 0.6 is 27.5 Å². The van der Waals surface area contributed by atoms with Gasteiger partial charge in [0.2, 0.25) is 10.0 Å². The van der Waals surface area contributed by atoms with Crippen molar-refractivity contribution in [3.8, 4) is 0 Å². The molecular formula is C8H8BrClN2O4S. The van der Waals surface area contributed by atoms with Crippen molar-refractivity contribution in [3.63, 3.8) is 0 Å². The van der Waals surface area contributed by atoms with Gasteiger partial charge in [0, 0.05) is 10.7 Å². The Bertz CT molecular complexity index is 534. The summed E-state index contributed by atoms with van der Waals surface area (Å²) in [6.07, 6.45) is 1.42. The largest absolute Gasteiger partial charge is 0.468 e. The maximum atomic E-state index is 11.5. The third kappa shape index (κ3) is 4.49. The van der Waals surface area contributed by atoms with Crippen molar-refractivity contribution < 1.29 is 17.9 Å². The summed E-state index contributed by atoms with van der Waals surface area (Å²) in [6, 6.07) is 1.43. The van der Waals surface area contributed by atoms with Gasteiger partial charge in [-0.25, -0.2) is 13.4 Å². The number of hydrogen-bond acceptors (Lipinski definition) is 5. The van der Waals surface area contributed by atoms with Crippen molar-refractivity contribution in [2.24, 2.45) is 0 Å². The normalized spacial score (nSPS) is 11.0. The third-order valence-electron chi connectivity index (χ3n) is 1.61. The average Bonchev–Trinajstić information content (AvgIpc) is 2.22. The van der Waals surface area contributed by atoms with Crippen LogP contribution in [0.5, 0.6) is 0 Å². The first-order valence-electron chi connectivity index (χ1n) is 4.22. The minimum absolute atomic E-state index is 0.0124. The van der Waals surface area contributed by atoms with Crippen LogP contribution in [0.4, 0.5) is 5.69 Å². The summed E-state index contributed by atoms with van der Waals surface area (Å²) in [7, 11) is -2.75. The van der Waals surface area contributed by atoms with Gasteiger partial charge in [-0.15, -0.1) is 0 Å². The fraction of sp³-hybridized carbons (Fsp3) is 0.250. The maximum absolute atomic E-state index is 11.5. The number of nitrogens with zero attached hydrogens (tertiary/aromatic N) is 1. The van der Waals surface area contributed by atoms with E-state index in [1.165, 1.54) is 12.3 Å². The summed E-state index contributed by atoms with van der Waals surface area (Å²) in [5.41, 5.74) is 0.0879. The number of sulfonamides is 1. The van der Waals surface area contributed by atoms with E-state index in [0.717, 1.165) is 7.11 Å². The van der Waals surface area contributed by atoms with Gasteiger partial charge < -0.3 is 4.74 Å². The minimum atomic E-state index is -3.86. The number of methoxy groups -OCH3 is 1. The Balaban J connectivity index is 2.90. The quantitative estimate of drug-likeness (QED) is 0.660. The van der Waals surface area contributed by atoms with Crippen LogP contribution in [0.3, 0.4) is 0 Å². The Morgan fingerprint density at radius 2 is 2.29 bits per heavy atom. The summed E-state index contributed by atoms with van der Waals surface area (Å²) < 4.78 is 30.0. The molecule has 0 fully saturated rings. The Labute approximate surface area is 112 Å². The molecule has 0 radical (unpaired) electrons. The minimum Gasteiger partial charge on any atom is -0.468 e. The molecule has 0 aliphatic rings. The molecule has 0 aliphatic heterocycles. The number of rotatable bonds is 4. The second kappa shape index (κ2) is 5.65. The summed E-state index contributed by atoms with van der Waals surface area (Å²) in [5.74, 6) is -1.65. The molecular weight excluding hydrogens is 336 g/mol.